The Morgan fingerprint density at radius 3 is 2.60 bits per heavy atom. The molecule has 0 amide bonds. The zero-order chi connectivity index (χ0) is 11.4. The highest BCUT2D eigenvalue weighted by molar-refractivity contribution is 6.59. The highest BCUT2D eigenvalue weighted by Crippen LogP contribution is 2.07. The molecule has 1 atom stereocenters. The van der Waals surface area contributed by atoms with Gasteiger partial charge in [0, 0.05) is 5.46 Å². The van der Waals surface area contributed by atoms with Crippen molar-refractivity contribution < 1.29 is 19.6 Å². The smallest absolute Gasteiger partial charge is 0.426 e. The molecule has 0 unspecified atom stereocenters. The van der Waals surface area contributed by atoms with Gasteiger partial charge in [0.15, 0.2) is 0 Å². The van der Waals surface area contributed by atoms with Crippen LogP contribution in [0.2, 0.25) is 0 Å². The van der Waals surface area contributed by atoms with Crippen LogP contribution < -0.4 is 15.9 Å². The Morgan fingerprint density at radius 2 is 2.07 bits per heavy atom. The molecule has 0 aromatic heterocycles. The minimum absolute atomic E-state index is 0.106. The Morgan fingerprint density at radius 1 is 1.47 bits per heavy atom. The van der Waals surface area contributed by atoms with Crippen LogP contribution in [0.5, 0.6) is 5.75 Å². The van der Waals surface area contributed by atoms with Gasteiger partial charge in [-0.1, -0.05) is 18.2 Å². The van der Waals surface area contributed by atoms with Gasteiger partial charge in [0.2, 0.25) is 0 Å². The molecule has 0 saturated heterocycles. The predicted molar refractivity (Wildman–Crippen MR) is 55.6 cm³/mol. The van der Waals surface area contributed by atoms with Crippen LogP contribution in [-0.4, -0.2) is 29.2 Å². The fourth-order valence-corrected chi connectivity index (χ4v) is 0.988. The zero-order valence-electron chi connectivity index (χ0n) is 8.25. The molecule has 0 fully saturated rings. The summed E-state index contributed by atoms with van der Waals surface area (Å²) in [7, 11) is -1.68. The molecular weight excluding hydrogens is 197 g/mol. The first kappa shape index (κ1) is 11.7. The summed E-state index contributed by atoms with van der Waals surface area (Å²) >= 11 is 0. The molecule has 1 aromatic carbocycles. The van der Waals surface area contributed by atoms with E-state index in [1.54, 1.807) is 12.1 Å². The van der Waals surface area contributed by atoms with E-state index in [0.29, 0.717) is 0 Å². The third-order valence-corrected chi connectivity index (χ3v) is 1.78. The van der Waals surface area contributed by atoms with Gasteiger partial charge >= 0.3 is 13.1 Å². The van der Waals surface area contributed by atoms with Gasteiger partial charge in [-0.15, -0.1) is 0 Å². The van der Waals surface area contributed by atoms with E-state index >= 15 is 0 Å². The zero-order valence-corrected chi connectivity index (χ0v) is 8.25. The van der Waals surface area contributed by atoms with Crippen LogP contribution >= 0.6 is 0 Å². The summed E-state index contributed by atoms with van der Waals surface area (Å²) < 4.78 is 4.88. The van der Waals surface area contributed by atoms with Crippen LogP contribution in [0, 0.1) is 0 Å². The Labute approximate surface area is 87.6 Å². The van der Waals surface area contributed by atoms with Crippen molar-refractivity contribution in [2.75, 3.05) is 0 Å². The lowest BCUT2D eigenvalue weighted by Crippen LogP contribution is -2.36. The summed E-state index contributed by atoms with van der Waals surface area (Å²) in [5.41, 5.74) is 5.44. The van der Waals surface area contributed by atoms with Crippen LogP contribution in [0.3, 0.4) is 0 Å². The number of ether oxygens (including phenoxy) is 1. The number of esters is 1. The number of hydrogen-bond acceptors (Lipinski definition) is 5. The summed E-state index contributed by atoms with van der Waals surface area (Å²) in [6.07, 6.45) is 0. The van der Waals surface area contributed by atoms with E-state index < -0.39 is 19.1 Å². The molecule has 0 aliphatic heterocycles. The first-order valence-corrected chi connectivity index (χ1v) is 4.44. The minimum Gasteiger partial charge on any atom is -0.426 e. The summed E-state index contributed by atoms with van der Waals surface area (Å²) in [6.45, 7) is 1.49. The average Bonchev–Trinajstić information content (AvgIpc) is 2.18. The predicted octanol–water partition coefficient (Wildman–Crippen LogP) is -1.38. The maximum atomic E-state index is 11.2. The summed E-state index contributed by atoms with van der Waals surface area (Å²) in [5.74, 6) is -0.516. The third kappa shape index (κ3) is 3.05. The number of para-hydroxylation sites is 1. The molecule has 1 aromatic rings. The van der Waals surface area contributed by atoms with Crippen molar-refractivity contribution in [2.45, 2.75) is 13.0 Å². The lowest BCUT2D eigenvalue weighted by atomic mass is 9.79. The molecule has 0 bridgehead atoms. The van der Waals surface area contributed by atoms with Gasteiger partial charge in [-0.3, -0.25) is 0 Å². The van der Waals surface area contributed by atoms with E-state index in [-0.39, 0.29) is 11.2 Å². The van der Waals surface area contributed by atoms with E-state index in [1.165, 1.54) is 19.1 Å². The minimum atomic E-state index is -1.68. The van der Waals surface area contributed by atoms with E-state index in [4.69, 9.17) is 20.5 Å². The van der Waals surface area contributed by atoms with Crippen molar-refractivity contribution in [1.82, 2.24) is 0 Å². The molecule has 0 spiro atoms. The van der Waals surface area contributed by atoms with Crippen molar-refractivity contribution in [3.63, 3.8) is 0 Å². The maximum Gasteiger partial charge on any atom is 0.492 e. The van der Waals surface area contributed by atoms with E-state index in [0.717, 1.165) is 0 Å². The molecular formula is C9H12BNO4. The first-order valence-electron chi connectivity index (χ1n) is 4.44. The number of hydrogen-bond donors (Lipinski definition) is 3. The van der Waals surface area contributed by atoms with Gasteiger partial charge in [-0.25, -0.2) is 4.79 Å². The van der Waals surface area contributed by atoms with Gasteiger partial charge in [0.1, 0.15) is 11.8 Å². The lowest BCUT2D eigenvalue weighted by Gasteiger charge is -2.10. The second-order valence-electron chi connectivity index (χ2n) is 3.12. The molecule has 0 aliphatic rings. The number of nitrogens with two attached hydrogens (primary N) is 1. The summed E-state index contributed by atoms with van der Waals surface area (Å²) in [5, 5.41) is 18.0. The normalized spacial score (nSPS) is 12.0. The Bertz CT molecular complexity index is 354. The number of rotatable bonds is 3. The molecule has 1 rings (SSSR count). The molecule has 15 heavy (non-hydrogen) atoms. The molecule has 0 heterocycles. The van der Waals surface area contributed by atoms with Crippen LogP contribution in [-0.2, 0) is 4.79 Å². The fraction of sp³-hybridized carbons (Fsp3) is 0.222. The van der Waals surface area contributed by atoms with Crippen molar-refractivity contribution in [3.8, 4) is 5.75 Å². The van der Waals surface area contributed by atoms with Crippen molar-refractivity contribution in [1.29, 1.82) is 0 Å². The topological polar surface area (TPSA) is 92.8 Å². The SMILES string of the molecule is C[C@H](N)C(=O)Oc1ccccc1B(O)O. The van der Waals surface area contributed by atoms with Crippen LogP contribution in [0.1, 0.15) is 6.92 Å². The lowest BCUT2D eigenvalue weighted by molar-refractivity contribution is -0.135. The van der Waals surface area contributed by atoms with Crippen molar-refractivity contribution in [2.24, 2.45) is 5.73 Å². The molecule has 5 nitrogen and oxygen atoms in total. The standard InChI is InChI=1S/C9H12BNO4/c1-6(11)9(12)15-8-5-3-2-4-7(8)10(13)14/h2-6,13-14H,11H2,1H3/t6-/m0/s1. The van der Waals surface area contributed by atoms with Gasteiger partial charge in [-0.2, -0.15) is 0 Å². The molecule has 80 valence electrons. The molecule has 0 radical (unpaired) electrons. The molecule has 4 N–H and O–H groups in total. The molecule has 0 aliphatic carbocycles. The highest BCUT2D eigenvalue weighted by Gasteiger charge is 2.19. The second-order valence-corrected chi connectivity index (χ2v) is 3.12. The average molecular weight is 209 g/mol. The second kappa shape index (κ2) is 4.93. The summed E-state index contributed by atoms with van der Waals surface area (Å²) in [6, 6.07) is 5.39. The largest absolute Gasteiger partial charge is 0.492 e. The van der Waals surface area contributed by atoms with E-state index in [9.17, 15) is 4.79 Å². The van der Waals surface area contributed by atoms with E-state index in [2.05, 4.69) is 0 Å². The monoisotopic (exact) mass is 209 g/mol. The highest BCUT2D eigenvalue weighted by atomic mass is 16.5. The fourth-order valence-electron chi connectivity index (χ4n) is 0.988. The number of benzene rings is 1. The van der Waals surface area contributed by atoms with Crippen LogP contribution in [0.15, 0.2) is 24.3 Å². The Hall–Kier alpha value is -1.37. The van der Waals surface area contributed by atoms with Gasteiger partial charge in [0.25, 0.3) is 0 Å². The molecule has 0 saturated carbocycles. The maximum absolute atomic E-state index is 11.2. The first-order chi connectivity index (χ1) is 7.02. The number of carbonyl (C=O) groups is 1. The third-order valence-electron chi connectivity index (χ3n) is 1.78. The Kier molecular flexibility index (Phi) is 3.84. The van der Waals surface area contributed by atoms with E-state index in [1.807, 2.05) is 0 Å². The van der Waals surface area contributed by atoms with Crippen molar-refractivity contribution in [3.05, 3.63) is 24.3 Å². The van der Waals surface area contributed by atoms with Crippen LogP contribution in [0.25, 0.3) is 0 Å². The van der Waals surface area contributed by atoms with Gasteiger partial charge < -0.3 is 20.5 Å². The van der Waals surface area contributed by atoms with Gasteiger partial charge in [0.05, 0.1) is 0 Å². The molecule has 6 heteroatoms. The number of carbonyl (C=O) groups excluding carboxylic acids is 1. The quantitative estimate of drug-likeness (QED) is 0.324. The van der Waals surface area contributed by atoms with Gasteiger partial charge in [-0.05, 0) is 13.0 Å². The summed E-state index contributed by atoms with van der Waals surface area (Å²) in [4.78, 5) is 11.2. The van der Waals surface area contributed by atoms with Crippen LogP contribution in [0.4, 0.5) is 0 Å². The van der Waals surface area contributed by atoms with Crippen molar-refractivity contribution >= 4 is 18.6 Å². The Balaban J connectivity index is 2.89.